The molecule has 1 aromatic carbocycles. The predicted octanol–water partition coefficient (Wildman–Crippen LogP) is 1.06. The summed E-state index contributed by atoms with van der Waals surface area (Å²) in [6.07, 6.45) is -0.0180. The first-order valence-corrected chi connectivity index (χ1v) is 5.71. The van der Waals surface area contributed by atoms with Crippen LogP contribution in [0.4, 0.5) is 10.1 Å². The Hall–Kier alpha value is -2.11. The minimum absolute atomic E-state index is 0.0180. The second kappa shape index (κ2) is 5.48. The molecular formula is C12H14FN3O2. The molecule has 1 aromatic rings. The second-order valence-corrected chi connectivity index (χ2v) is 3.89. The highest BCUT2D eigenvalue weighted by atomic mass is 19.1. The van der Waals surface area contributed by atoms with Crippen LogP contribution < -0.4 is 10.6 Å². The van der Waals surface area contributed by atoms with Gasteiger partial charge in [0.15, 0.2) is 0 Å². The van der Waals surface area contributed by atoms with Crippen LogP contribution in [0.25, 0.3) is 0 Å². The zero-order valence-electron chi connectivity index (χ0n) is 9.74. The summed E-state index contributed by atoms with van der Waals surface area (Å²) in [5.41, 5.74) is 0.935. The van der Waals surface area contributed by atoms with Crippen molar-refractivity contribution in [2.75, 3.05) is 25.0 Å². The van der Waals surface area contributed by atoms with Crippen molar-refractivity contribution in [2.45, 2.75) is 6.42 Å². The molecule has 0 saturated heterocycles. The third-order valence-electron chi connectivity index (χ3n) is 2.58. The van der Waals surface area contributed by atoms with Gasteiger partial charge in [-0.3, -0.25) is 9.79 Å². The summed E-state index contributed by atoms with van der Waals surface area (Å²) >= 11 is 0. The Morgan fingerprint density at radius 2 is 2.39 bits per heavy atom. The first kappa shape index (κ1) is 12.3. The van der Waals surface area contributed by atoms with Gasteiger partial charge in [0.25, 0.3) is 0 Å². The van der Waals surface area contributed by atoms with E-state index in [4.69, 9.17) is 5.11 Å². The smallest absolute Gasteiger partial charge is 0.305 e. The molecule has 0 aromatic heterocycles. The number of aliphatic carboxylic acids is 1. The molecule has 0 bridgehead atoms. The van der Waals surface area contributed by atoms with E-state index in [1.54, 1.807) is 12.1 Å². The molecule has 1 heterocycles. The number of carboxylic acids is 1. The lowest BCUT2D eigenvalue weighted by atomic mass is 10.1. The Labute approximate surface area is 104 Å². The van der Waals surface area contributed by atoms with E-state index in [1.165, 1.54) is 6.07 Å². The molecule has 2 rings (SSSR count). The van der Waals surface area contributed by atoms with Crippen molar-refractivity contribution in [1.29, 1.82) is 0 Å². The fourth-order valence-corrected chi connectivity index (χ4v) is 1.78. The maximum Gasteiger partial charge on any atom is 0.305 e. The molecule has 0 fully saturated rings. The average molecular weight is 251 g/mol. The van der Waals surface area contributed by atoms with Crippen LogP contribution >= 0.6 is 0 Å². The fraction of sp³-hybridized carbons (Fsp3) is 0.333. The summed E-state index contributed by atoms with van der Waals surface area (Å²) in [5, 5.41) is 14.5. The van der Waals surface area contributed by atoms with Gasteiger partial charge in [0.2, 0.25) is 0 Å². The van der Waals surface area contributed by atoms with E-state index >= 15 is 0 Å². The third kappa shape index (κ3) is 2.77. The molecule has 0 saturated carbocycles. The minimum atomic E-state index is -0.892. The lowest BCUT2D eigenvalue weighted by Gasteiger charge is -2.12. The minimum Gasteiger partial charge on any atom is -0.481 e. The van der Waals surface area contributed by atoms with E-state index < -0.39 is 5.97 Å². The Balaban J connectivity index is 2.18. The van der Waals surface area contributed by atoms with Crippen molar-refractivity contribution in [3.05, 3.63) is 29.6 Å². The molecule has 96 valence electrons. The number of halogens is 1. The quantitative estimate of drug-likeness (QED) is 0.731. The largest absolute Gasteiger partial charge is 0.481 e. The molecule has 0 amide bonds. The number of benzene rings is 1. The van der Waals surface area contributed by atoms with Crippen LogP contribution in [0.1, 0.15) is 12.0 Å². The number of rotatable bonds is 5. The number of nitrogens with zero attached hydrogens (tertiary/aromatic N) is 1. The van der Waals surface area contributed by atoms with Crippen molar-refractivity contribution < 1.29 is 14.3 Å². The van der Waals surface area contributed by atoms with Crippen molar-refractivity contribution in [3.63, 3.8) is 0 Å². The van der Waals surface area contributed by atoms with Crippen LogP contribution in [-0.2, 0) is 4.79 Å². The highest BCUT2D eigenvalue weighted by Crippen LogP contribution is 2.20. The molecule has 0 atom stereocenters. The number of amidine groups is 1. The van der Waals surface area contributed by atoms with Gasteiger partial charge in [-0.05, 0) is 12.1 Å². The Morgan fingerprint density at radius 3 is 3.06 bits per heavy atom. The molecule has 0 radical (unpaired) electrons. The number of carboxylic acid groups (broad SMARTS) is 1. The average Bonchev–Trinajstić information content (AvgIpc) is 2.82. The number of anilines is 1. The Bertz CT molecular complexity index is 488. The van der Waals surface area contributed by atoms with Gasteiger partial charge in [-0.2, -0.15) is 0 Å². The van der Waals surface area contributed by atoms with Crippen molar-refractivity contribution >= 4 is 17.5 Å². The molecule has 6 heteroatoms. The van der Waals surface area contributed by atoms with E-state index in [0.29, 0.717) is 30.2 Å². The molecule has 5 nitrogen and oxygen atoms in total. The Morgan fingerprint density at radius 1 is 1.56 bits per heavy atom. The van der Waals surface area contributed by atoms with Gasteiger partial charge in [0.1, 0.15) is 11.7 Å². The predicted molar refractivity (Wildman–Crippen MR) is 66.5 cm³/mol. The number of aliphatic imine (C=N–C) groups is 1. The molecule has 1 aliphatic heterocycles. The van der Waals surface area contributed by atoms with Crippen molar-refractivity contribution in [1.82, 2.24) is 5.32 Å². The van der Waals surface area contributed by atoms with Gasteiger partial charge in [0.05, 0.1) is 18.5 Å². The molecule has 0 spiro atoms. The lowest BCUT2D eigenvalue weighted by molar-refractivity contribution is -0.136. The molecular weight excluding hydrogens is 237 g/mol. The molecule has 0 unspecified atom stereocenters. The van der Waals surface area contributed by atoms with E-state index in [9.17, 15) is 9.18 Å². The van der Waals surface area contributed by atoms with E-state index in [1.807, 2.05) is 0 Å². The van der Waals surface area contributed by atoms with E-state index in [0.717, 1.165) is 0 Å². The second-order valence-electron chi connectivity index (χ2n) is 3.89. The van der Waals surface area contributed by atoms with Gasteiger partial charge in [0, 0.05) is 18.8 Å². The van der Waals surface area contributed by atoms with Gasteiger partial charge < -0.3 is 15.7 Å². The summed E-state index contributed by atoms with van der Waals surface area (Å²) in [4.78, 5) is 14.6. The van der Waals surface area contributed by atoms with Crippen LogP contribution in [0.5, 0.6) is 0 Å². The van der Waals surface area contributed by atoms with Crippen LogP contribution in [0.3, 0.4) is 0 Å². The summed E-state index contributed by atoms with van der Waals surface area (Å²) < 4.78 is 13.8. The molecule has 1 aliphatic rings. The summed E-state index contributed by atoms with van der Waals surface area (Å²) in [6, 6.07) is 4.65. The van der Waals surface area contributed by atoms with Gasteiger partial charge >= 0.3 is 5.97 Å². The van der Waals surface area contributed by atoms with Crippen LogP contribution in [0.2, 0.25) is 0 Å². The van der Waals surface area contributed by atoms with E-state index in [-0.39, 0.29) is 18.8 Å². The van der Waals surface area contributed by atoms with Crippen molar-refractivity contribution in [2.24, 2.45) is 4.99 Å². The first-order chi connectivity index (χ1) is 8.68. The standard InChI is InChI=1S/C12H14FN3O2/c13-8-2-1-3-9(14-5-4-10(17)18)11(8)12-15-6-7-16-12/h1-3,14H,4-7H2,(H,15,16)(H,17,18). The SMILES string of the molecule is O=C(O)CCNc1cccc(F)c1C1=NCCN1. The highest BCUT2D eigenvalue weighted by Gasteiger charge is 2.17. The summed E-state index contributed by atoms with van der Waals surface area (Å²) in [7, 11) is 0. The Kier molecular flexibility index (Phi) is 3.76. The van der Waals surface area contributed by atoms with Gasteiger partial charge in [-0.1, -0.05) is 6.07 Å². The van der Waals surface area contributed by atoms with Gasteiger partial charge in [-0.25, -0.2) is 4.39 Å². The van der Waals surface area contributed by atoms with Gasteiger partial charge in [-0.15, -0.1) is 0 Å². The number of nitrogens with one attached hydrogen (secondary N) is 2. The molecule has 0 aliphatic carbocycles. The van der Waals surface area contributed by atoms with E-state index in [2.05, 4.69) is 15.6 Å². The molecule has 18 heavy (non-hydrogen) atoms. The summed E-state index contributed by atoms with van der Waals surface area (Å²) in [5.74, 6) is -0.744. The third-order valence-corrected chi connectivity index (χ3v) is 2.58. The normalized spacial score (nSPS) is 13.9. The monoisotopic (exact) mass is 251 g/mol. The lowest BCUT2D eigenvalue weighted by Crippen LogP contribution is -2.22. The fourth-order valence-electron chi connectivity index (χ4n) is 1.78. The maximum absolute atomic E-state index is 13.8. The summed E-state index contributed by atoms with van der Waals surface area (Å²) in [6.45, 7) is 1.57. The van der Waals surface area contributed by atoms with Crippen molar-refractivity contribution in [3.8, 4) is 0 Å². The maximum atomic E-state index is 13.8. The number of hydrogen-bond acceptors (Lipinski definition) is 4. The highest BCUT2D eigenvalue weighted by molar-refractivity contribution is 6.04. The zero-order valence-corrected chi connectivity index (χ0v) is 9.74. The zero-order chi connectivity index (χ0) is 13.0. The van der Waals surface area contributed by atoms with Crippen LogP contribution in [-0.4, -0.2) is 36.5 Å². The van der Waals surface area contributed by atoms with Crippen LogP contribution in [0, 0.1) is 5.82 Å². The number of hydrogen-bond donors (Lipinski definition) is 3. The first-order valence-electron chi connectivity index (χ1n) is 5.71. The van der Waals surface area contributed by atoms with Crippen LogP contribution in [0.15, 0.2) is 23.2 Å². The topological polar surface area (TPSA) is 73.7 Å². The number of carbonyl (C=O) groups is 1. The molecule has 3 N–H and O–H groups in total.